The van der Waals surface area contributed by atoms with Crippen LogP contribution in [0.15, 0.2) is 42.6 Å². The molecule has 0 spiro atoms. The van der Waals surface area contributed by atoms with Gasteiger partial charge in [0.15, 0.2) is 0 Å². The highest BCUT2D eigenvalue weighted by atomic mass is 35.5. The van der Waals surface area contributed by atoms with Crippen LogP contribution < -0.4 is 11.1 Å². The summed E-state index contributed by atoms with van der Waals surface area (Å²) in [6.45, 7) is 5.97. The van der Waals surface area contributed by atoms with Gasteiger partial charge in [0.25, 0.3) is 0 Å². The lowest BCUT2D eigenvalue weighted by Crippen LogP contribution is -2.45. The van der Waals surface area contributed by atoms with Gasteiger partial charge in [0.2, 0.25) is 0 Å². The Morgan fingerprint density at radius 1 is 1.09 bits per heavy atom. The third-order valence-electron chi connectivity index (χ3n) is 3.44. The van der Waals surface area contributed by atoms with E-state index in [9.17, 15) is 0 Å². The number of nitrogens with two attached hydrogens (primary N) is 1. The molecule has 3 N–H and O–H groups in total. The minimum Gasteiger partial charge on any atom is -0.320 e. The van der Waals surface area contributed by atoms with Crippen molar-refractivity contribution in [3.05, 3.63) is 63.9 Å². The molecular formula is C17H23Cl2N3. The molecule has 0 aliphatic carbocycles. The number of nitrogens with one attached hydrogen (secondary N) is 1. The lowest BCUT2D eigenvalue weighted by Gasteiger charge is -2.34. The molecule has 0 aliphatic heterocycles. The third kappa shape index (κ3) is 4.43. The van der Waals surface area contributed by atoms with Gasteiger partial charge in [-0.3, -0.25) is 0 Å². The van der Waals surface area contributed by atoms with Gasteiger partial charge in [0, 0.05) is 11.2 Å². The maximum atomic E-state index is 6.53. The van der Waals surface area contributed by atoms with Gasteiger partial charge < -0.3 is 11.1 Å². The van der Waals surface area contributed by atoms with E-state index < -0.39 is 5.54 Å². The van der Waals surface area contributed by atoms with Crippen molar-refractivity contribution >= 4 is 23.2 Å². The van der Waals surface area contributed by atoms with Crippen molar-refractivity contribution in [2.45, 2.75) is 32.4 Å². The molecule has 120 valence electrons. The summed E-state index contributed by atoms with van der Waals surface area (Å²) in [6, 6.07) is 11.2. The Morgan fingerprint density at radius 2 is 1.68 bits per heavy atom. The molecule has 2 unspecified atom stereocenters. The van der Waals surface area contributed by atoms with Gasteiger partial charge in [-0.15, -0.1) is 0 Å². The molecule has 22 heavy (non-hydrogen) atoms. The Morgan fingerprint density at radius 3 is 2.14 bits per heavy atom. The number of likely N-dealkylation sites (N-methyl/N-ethyl adjacent to an activating group) is 1. The van der Waals surface area contributed by atoms with Crippen LogP contribution in [0, 0.1) is 0 Å². The molecule has 0 amide bonds. The van der Waals surface area contributed by atoms with Crippen LogP contribution in [-0.2, 0) is 5.54 Å². The molecule has 5 heteroatoms. The molecule has 1 aromatic heterocycles. The van der Waals surface area contributed by atoms with Crippen LogP contribution in [0.2, 0.25) is 10.2 Å². The van der Waals surface area contributed by atoms with E-state index >= 15 is 0 Å². The first-order valence-electron chi connectivity index (χ1n) is 7.29. The summed E-state index contributed by atoms with van der Waals surface area (Å²) in [5.74, 6) is 0. The summed E-state index contributed by atoms with van der Waals surface area (Å²) in [6.07, 6.45) is 1.71. The normalized spacial score (nSPS) is 14.5. The SMILES string of the molecule is CC.CNC(c1ccc(Cl)cc1)C(C)(N)c1ccc(Cl)nc1. The molecule has 0 aliphatic rings. The highest BCUT2D eigenvalue weighted by Gasteiger charge is 2.32. The molecule has 2 rings (SSSR count). The Labute approximate surface area is 142 Å². The summed E-state index contributed by atoms with van der Waals surface area (Å²) in [4.78, 5) is 4.11. The van der Waals surface area contributed by atoms with Crippen LogP contribution in [0.5, 0.6) is 0 Å². The quantitative estimate of drug-likeness (QED) is 0.803. The summed E-state index contributed by atoms with van der Waals surface area (Å²) in [7, 11) is 1.88. The minimum absolute atomic E-state index is 0.0669. The first-order chi connectivity index (χ1) is 10.4. The lowest BCUT2D eigenvalue weighted by atomic mass is 9.82. The number of rotatable bonds is 4. The second-order valence-corrected chi connectivity index (χ2v) is 5.75. The number of halogens is 2. The largest absolute Gasteiger partial charge is 0.320 e. The topological polar surface area (TPSA) is 50.9 Å². The fourth-order valence-corrected chi connectivity index (χ4v) is 2.57. The molecule has 1 heterocycles. The van der Waals surface area contributed by atoms with E-state index in [0.717, 1.165) is 11.1 Å². The first kappa shape index (κ1) is 18.9. The van der Waals surface area contributed by atoms with Crippen LogP contribution >= 0.6 is 23.2 Å². The predicted molar refractivity (Wildman–Crippen MR) is 95.4 cm³/mol. The van der Waals surface area contributed by atoms with E-state index in [0.29, 0.717) is 10.2 Å². The van der Waals surface area contributed by atoms with E-state index in [4.69, 9.17) is 28.9 Å². The van der Waals surface area contributed by atoms with Gasteiger partial charge in [0.1, 0.15) is 5.15 Å². The molecule has 0 saturated carbocycles. The second kappa shape index (κ2) is 8.49. The zero-order valence-electron chi connectivity index (χ0n) is 13.4. The van der Waals surface area contributed by atoms with Crippen LogP contribution in [-0.4, -0.2) is 12.0 Å². The molecule has 1 aromatic carbocycles. The smallest absolute Gasteiger partial charge is 0.129 e. The van der Waals surface area contributed by atoms with Gasteiger partial charge in [-0.05, 0) is 43.3 Å². The van der Waals surface area contributed by atoms with Crippen molar-refractivity contribution in [2.24, 2.45) is 5.73 Å². The van der Waals surface area contributed by atoms with Gasteiger partial charge in [0.05, 0.1) is 11.6 Å². The molecule has 2 atom stereocenters. The zero-order chi connectivity index (χ0) is 16.8. The Bertz CT molecular complexity index is 565. The van der Waals surface area contributed by atoms with Crippen molar-refractivity contribution < 1.29 is 0 Å². The summed E-state index contributed by atoms with van der Waals surface area (Å²) < 4.78 is 0. The fourth-order valence-electron chi connectivity index (χ4n) is 2.33. The summed E-state index contributed by atoms with van der Waals surface area (Å²) in [5.41, 5.74) is 7.89. The number of pyridine rings is 1. The third-order valence-corrected chi connectivity index (χ3v) is 3.92. The maximum absolute atomic E-state index is 6.53. The first-order valence-corrected chi connectivity index (χ1v) is 8.04. The van der Waals surface area contributed by atoms with Gasteiger partial charge in [-0.1, -0.05) is 55.2 Å². The van der Waals surface area contributed by atoms with Crippen molar-refractivity contribution in [3.8, 4) is 0 Å². The van der Waals surface area contributed by atoms with Crippen molar-refractivity contribution in [1.82, 2.24) is 10.3 Å². The second-order valence-electron chi connectivity index (χ2n) is 4.93. The van der Waals surface area contributed by atoms with E-state index in [2.05, 4.69) is 10.3 Å². The number of hydrogen-bond acceptors (Lipinski definition) is 3. The van der Waals surface area contributed by atoms with E-state index in [1.165, 1.54) is 0 Å². The molecule has 0 fully saturated rings. The van der Waals surface area contributed by atoms with Crippen molar-refractivity contribution in [2.75, 3.05) is 7.05 Å². The summed E-state index contributed by atoms with van der Waals surface area (Å²) in [5, 5.41) is 4.42. The fraction of sp³-hybridized carbons (Fsp3) is 0.353. The summed E-state index contributed by atoms with van der Waals surface area (Å²) >= 11 is 11.8. The van der Waals surface area contributed by atoms with Crippen LogP contribution in [0.3, 0.4) is 0 Å². The molecule has 0 bridgehead atoms. The minimum atomic E-state index is -0.625. The van der Waals surface area contributed by atoms with E-state index in [1.807, 2.05) is 58.2 Å². The highest BCUT2D eigenvalue weighted by Crippen LogP contribution is 2.32. The maximum Gasteiger partial charge on any atom is 0.129 e. The van der Waals surface area contributed by atoms with Crippen LogP contribution in [0.4, 0.5) is 0 Å². The van der Waals surface area contributed by atoms with Gasteiger partial charge in [-0.25, -0.2) is 4.98 Å². The Kier molecular flexibility index (Phi) is 7.30. The Hall–Kier alpha value is -1.13. The number of hydrogen-bond donors (Lipinski definition) is 2. The Balaban J connectivity index is 0.00000116. The van der Waals surface area contributed by atoms with Gasteiger partial charge in [-0.2, -0.15) is 0 Å². The van der Waals surface area contributed by atoms with Gasteiger partial charge >= 0.3 is 0 Å². The molecule has 2 aromatic rings. The molecular weight excluding hydrogens is 317 g/mol. The standard InChI is InChI=1S/C15H17Cl2N3.C2H6/c1-15(18,11-5-8-13(17)20-9-11)14(19-2)10-3-6-12(16)7-4-10;1-2/h3-9,14,19H,18H2,1-2H3;1-2H3. The van der Waals surface area contributed by atoms with Crippen LogP contribution in [0.25, 0.3) is 0 Å². The van der Waals surface area contributed by atoms with Crippen molar-refractivity contribution in [1.29, 1.82) is 0 Å². The number of benzene rings is 1. The highest BCUT2D eigenvalue weighted by molar-refractivity contribution is 6.30. The average molecular weight is 340 g/mol. The van der Waals surface area contributed by atoms with E-state index in [1.54, 1.807) is 12.3 Å². The number of aromatic nitrogens is 1. The number of nitrogens with zero attached hydrogens (tertiary/aromatic N) is 1. The zero-order valence-corrected chi connectivity index (χ0v) is 14.9. The average Bonchev–Trinajstić information content (AvgIpc) is 2.52. The van der Waals surface area contributed by atoms with Crippen molar-refractivity contribution in [3.63, 3.8) is 0 Å². The van der Waals surface area contributed by atoms with E-state index in [-0.39, 0.29) is 6.04 Å². The predicted octanol–water partition coefficient (Wildman–Crippen LogP) is 4.55. The van der Waals surface area contributed by atoms with Crippen LogP contribution in [0.1, 0.15) is 37.9 Å². The molecule has 3 nitrogen and oxygen atoms in total. The molecule has 0 saturated heterocycles. The monoisotopic (exact) mass is 339 g/mol. The lowest BCUT2D eigenvalue weighted by molar-refractivity contribution is 0.348. The molecule has 0 radical (unpaired) electrons.